The molecule has 3 heteroatoms. The molecule has 0 amide bonds. The number of hydrogen-bond donors (Lipinski definition) is 2. The van der Waals surface area contributed by atoms with Crippen LogP contribution in [-0.2, 0) is 4.79 Å². The van der Waals surface area contributed by atoms with E-state index in [1.807, 2.05) is 0 Å². The van der Waals surface area contributed by atoms with Crippen LogP contribution in [0.5, 0.6) is 0 Å². The Kier molecular flexibility index (Phi) is 2.62. The van der Waals surface area contributed by atoms with Crippen molar-refractivity contribution in [3.05, 3.63) is 0 Å². The van der Waals surface area contributed by atoms with Crippen LogP contribution >= 0.6 is 0 Å². The van der Waals surface area contributed by atoms with Gasteiger partial charge in [-0.1, -0.05) is 6.92 Å². The van der Waals surface area contributed by atoms with Crippen LogP contribution in [0.2, 0.25) is 0 Å². The standard InChI is InChI=1S/C8H15NO2/c1-2-7(10)8(11)4-3-5-9-6-8/h9,11H,2-6H2,1H3. The first kappa shape index (κ1) is 8.68. The number of ketones is 1. The van der Waals surface area contributed by atoms with E-state index in [2.05, 4.69) is 5.32 Å². The number of β-amino-alcohol motifs (C(OH)–C–C–N with tert-alkyl or cyclic N) is 1. The van der Waals surface area contributed by atoms with Gasteiger partial charge in [-0.15, -0.1) is 0 Å². The first-order chi connectivity index (χ1) is 5.19. The largest absolute Gasteiger partial charge is 0.381 e. The van der Waals surface area contributed by atoms with Crippen molar-refractivity contribution in [2.45, 2.75) is 31.8 Å². The van der Waals surface area contributed by atoms with E-state index in [-0.39, 0.29) is 5.78 Å². The number of rotatable bonds is 2. The summed E-state index contributed by atoms with van der Waals surface area (Å²) in [5.74, 6) is -0.0373. The van der Waals surface area contributed by atoms with E-state index in [0.29, 0.717) is 19.4 Å². The van der Waals surface area contributed by atoms with Gasteiger partial charge in [-0.3, -0.25) is 4.79 Å². The highest BCUT2D eigenvalue weighted by atomic mass is 16.3. The normalized spacial score (nSPS) is 31.8. The number of piperidine rings is 1. The van der Waals surface area contributed by atoms with Gasteiger partial charge in [0.15, 0.2) is 5.78 Å². The lowest BCUT2D eigenvalue weighted by Crippen LogP contribution is -2.51. The number of Topliss-reactive ketones (excluding diaryl/α,β-unsaturated/α-hetero) is 1. The molecule has 1 unspecified atom stereocenters. The number of nitrogens with one attached hydrogen (secondary N) is 1. The second-order valence-electron chi connectivity index (χ2n) is 3.09. The summed E-state index contributed by atoms with van der Waals surface area (Å²) in [6.45, 7) is 3.13. The molecule has 1 aliphatic heterocycles. The van der Waals surface area contributed by atoms with Crippen LogP contribution in [0.1, 0.15) is 26.2 Å². The lowest BCUT2D eigenvalue weighted by Gasteiger charge is -2.30. The van der Waals surface area contributed by atoms with Crippen molar-refractivity contribution < 1.29 is 9.90 Å². The van der Waals surface area contributed by atoms with Crippen LogP contribution in [0, 0.1) is 0 Å². The summed E-state index contributed by atoms with van der Waals surface area (Å²) in [6, 6.07) is 0. The molecule has 64 valence electrons. The minimum Gasteiger partial charge on any atom is -0.381 e. The summed E-state index contributed by atoms with van der Waals surface area (Å²) >= 11 is 0. The van der Waals surface area contributed by atoms with E-state index >= 15 is 0 Å². The predicted molar refractivity (Wildman–Crippen MR) is 42.4 cm³/mol. The SMILES string of the molecule is CCC(=O)C1(O)CCCNC1. The van der Waals surface area contributed by atoms with Crippen LogP contribution in [0.4, 0.5) is 0 Å². The quantitative estimate of drug-likeness (QED) is 0.597. The smallest absolute Gasteiger partial charge is 0.165 e. The maximum absolute atomic E-state index is 11.2. The van der Waals surface area contributed by atoms with Crippen molar-refractivity contribution >= 4 is 5.78 Å². The maximum Gasteiger partial charge on any atom is 0.165 e. The second-order valence-corrected chi connectivity index (χ2v) is 3.09. The third-order valence-electron chi connectivity index (χ3n) is 2.20. The minimum absolute atomic E-state index is 0.0373. The zero-order chi connectivity index (χ0) is 8.32. The van der Waals surface area contributed by atoms with Crippen LogP contribution in [0.3, 0.4) is 0 Å². The van der Waals surface area contributed by atoms with E-state index in [1.54, 1.807) is 6.92 Å². The van der Waals surface area contributed by atoms with Crippen molar-refractivity contribution in [3.8, 4) is 0 Å². The molecule has 1 atom stereocenters. The van der Waals surface area contributed by atoms with Crippen LogP contribution in [-0.4, -0.2) is 29.6 Å². The summed E-state index contributed by atoms with van der Waals surface area (Å²) in [6.07, 6.45) is 1.94. The molecule has 1 heterocycles. The van der Waals surface area contributed by atoms with Crippen molar-refractivity contribution in [2.75, 3.05) is 13.1 Å². The molecule has 0 aromatic carbocycles. The molecule has 0 aliphatic carbocycles. The monoisotopic (exact) mass is 157 g/mol. The molecular weight excluding hydrogens is 142 g/mol. The number of hydrogen-bond acceptors (Lipinski definition) is 3. The number of carbonyl (C=O) groups is 1. The van der Waals surface area contributed by atoms with Crippen molar-refractivity contribution in [2.24, 2.45) is 0 Å². The van der Waals surface area contributed by atoms with Crippen LogP contribution in [0.15, 0.2) is 0 Å². The Labute approximate surface area is 66.8 Å². The van der Waals surface area contributed by atoms with Gasteiger partial charge in [0, 0.05) is 13.0 Å². The van der Waals surface area contributed by atoms with Gasteiger partial charge in [-0.05, 0) is 19.4 Å². The fourth-order valence-electron chi connectivity index (χ4n) is 1.46. The van der Waals surface area contributed by atoms with Gasteiger partial charge in [-0.25, -0.2) is 0 Å². The van der Waals surface area contributed by atoms with E-state index in [4.69, 9.17) is 0 Å². The fraction of sp³-hybridized carbons (Fsp3) is 0.875. The molecule has 0 saturated carbocycles. The van der Waals surface area contributed by atoms with Gasteiger partial charge >= 0.3 is 0 Å². The summed E-state index contributed by atoms with van der Waals surface area (Å²) in [5, 5.41) is 12.7. The lowest BCUT2D eigenvalue weighted by atomic mass is 9.89. The van der Waals surface area contributed by atoms with E-state index in [0.717, 1.165) is 13.0 Å². The van der Waals surface area contributed by atoms with Gasteiger partial charge in [0.2, 0.25) is 0 Å². The highest BCUT2D eigenvalue weighted by Gasteiger charge is 2.35. The fourth-order valence-corrected chi connectivity index (χ4v) is 1.46. The second kappa shape index (κ2) is 3.32. The Bertz CT molecular complexity index is 150. The number of carbonyl (C=O) groups excluding carboxylic acids is 1. The molecular formula is C8H15NO2. The Morgan fingerprint density at radius 1 is 1.73 bits per heavy atom. The average Bonchev–Trinajstić information content (AvgIpc) is 2.04. The predicted octanol–water partition coefficient (Wildman–Crippen LogP) is 0.0800. The molecule has 1 saturated heterocycles. The first-order valence-electron chi connectivity index (χ1n) is 4.15. The third-order valence-corrected chi connectivity index (χ3v) is 2.20. The molecule has 1 aliphatic rings. The summed E-state index contributed by atoms with van der Waals surface area (Å²) in [7, 11) is 0. The summed E-state index contributed by atoms with van der Waals surface area (Å²) < 4.78 is 0. The van der Waals surface area contributed by atoms with Gasteiger partial charge in [-0.2, -0.15) is 0 Å². The molecule has 0 radical (unpaired) electrons. The van der Waals surface area contributed by atoms with E-state index < -0.39 is 5.60 Å². The molecule has 11 heavy (non-hydrogen) atoms. The molecule has 0 bridgehead atoms. The van der Waals surface area contributed by atoms with Gasteiger partial charge in [0.1, 0.15) is 5.60 Å². The third kappa shape index (κ3) is 1.79. The Hall–Kier alpha value is -0.410. The molecule has 1 fully saturated rings. The van der Waals surface area contributed by atoms with E-state index in [1.165, 1.54) is 0 Å². The highest BCUT2D eigenvalue weighted by molar-refractivity contribution is 5.87. The average molecular weight is 157 g/mol. The summed E-state index contributed by atoms with van der Waals surface area (Å²) in [4.78, 5) is 11.2. The van der Waals surface area contributed by atoms with Crippen LogP contribution in [0.25, 0.3) is 0 Å². The van der Waals surface area contributed by atoms with Crippen LogP contribution < -0.4 is 5.32 Å². The Morgan fingerprint density at radius 2 is 2.45 bits per heavy atom. The van der Waals surface area contributed by atoms with Gasteiger partial charge in [0.05, 0.1) is 0 Å². The van der Waals surface area contributed by atoms with Gasteiger partial charge < -0.3 is 10.4 Å². The Balaban J connectivity index is 2.56. The molecule has 1 rings (SSSR count). The molecule has 3 nitrogen and oxygen atoms in total. The zero-order valence-electron chi connectivity index (χ0n) is 6.89. The van der Waals surface area contributed by atoms with Crippen molar-refractivity contribution in [3.63, 3.8) is 0 Å². The zero-order valence-corrected chi connectivity index (χ0v) is 6.89. The molecule has 0 spiro atoms. The maximum atomic E-state index is 11.2. The molecule has 2 N–H and O–H groups in total. The van der Waals surface area contributed by atoms with E-state index in [9.17, 15) is 9.90 Å². The Morgan fingerprint density at radius 3 is 2.91 bits per heavy atom. The van der Waals surface area contributed by atoms with Gasteiger partial charge in [0.25, 0.3) is 0 Å². The highest BCUT2D eigenvalue weighted by Crippen LogP contribution is 2.17. The number of aliphatic hydroxyl groups is 1. The minimum atomic E-state index is -1.06. The molecule has 0 aromatic rings. The lowest BCUT2D eigenvalue weighted by molar-refractivity contribution is -0.138. The van der Waals surface area contributed by atoms with Crippen molar-refractivity contribution in [1.29, 1.82) is 0 Å². The van der Waals surface area contributed by atoms with Crippen molar-refractivity contribution in [1.82, 2.24) is 5.32 Å². The molecule has 0 aromatic heterocycles. The topological polar surface area (TPSA) is 49.3 Å². The first-order valence-corrected chi connectivity index (χ1v) is 4.15. The summed E-state index contributed by atoms with van der Waals surface area (Å²) in [5.41, 5.74) is -1.06.